The topological polar surface area (TPSA) is 41.5 Å². The molecule has 0 amide bonds. The number of alkyl halides is 2. The van der Waals surface area contributed by atoms with Crippen molar-refractivity contribution in [3.8, 4) is 5.75 Å². The number of nitrogens with zero attached hydrogens (tertiary/aromatic N) is 4. The van der Waals surface area contributed by atoms with Crippen molar-refractivity contribution in [2.24, 2.45) is 0 Å². The predicted molar refractivity (Wildman–Crippen MR) is 104 cm³/mol. The molecular weight excluding hydrogens is 381 g/mol. The van der Waals surface area contributed by atoms with Crippen LogP contribution in [-0.2, 0) is 6.54 Å². The quantitative estimate of drug-likeness (QED) is 0.721. The number of anilines is 1. The third-order valence-electron chi connectivity index (χ3n) is 5.61. The highest BCUT2D eigenvalue weighted by atomic mass is 19.3. The van der Waals surface area contributed by atoms with Crippen LogP contribution < -0.4 is 9.64 Å². The molecule has 0 spiro atoms. The van der Waals surface area contributed by atoms with Gasteiger partial charge in [-0.1, -0.05) is 6.07 Å². The maximum Gasteiger partial charge on any atom is 0.280 e. The zero-order chi connectivity index (χ0) is 20.5. The van der Waals surface area contributed by atoms with Crippen LogP contribution in [0.4, 0.5) is 19.0 Å². The van der Waals surface area contributed by atoms with Crippen LogP contribution >= 0.6 is 0 Å². The van der Waals surface area contributed by atoms with E-state index in [1.54, 1.807) is 6.07 Å². The molecular formula is C21H25F3N4O. The minimum absolute atomic E-state index is 0.170. The molecule has 0 radical (unpaired) electrons. The average Bonchev–Trinajstić information content (AvgIpc) is 3.55. The van der Waals surface area contributed by atoms with Crippen LogP contribution in [0.3, 0.4) is 0 Å². The largest absolute Gasteiger partial charge is 0.494 e. The third-order valence-corrected chi connectivity index (χ3v) is 5.61. The molecule has 156 valence electrons. The Hall–Kier alpha value is -2.35. The van der Waals surface area contributed by atoms with Crippen LogP contribution in [0.15, 0.2) is 24.3 Å². The molecule has 2 fully saturated rings. The zero-order valence-electron chi connectivity index (χ0n) is 16.6. The number of hydrogen-bond acceptors (Lipinski definition) is 5. The molecule has 1 unspecified atom stereocenters. The summed E-state index contributed by atoms with van der Waals surface area (Å²) in [4.78, 5) is 12.9. The van der Waals surface area contributed by atoms with Gasteiger partial charge >= 0.3 is 0 Å². The molecule has 29 heavy (non-hydrogen) atoms. The van der Waals surface area contributed by atoms with Gasteiger partial charge in [0.05, 0.1) is 7.11 Å². The molecule has 0 N–H and O–H groups in total. The van der Waals surface area contributed by atoms with E-state index in [9.17, 15) is 13.2 Å². The number of methoxy groups -OCH3 is 1. The molecule has 8 heteroatoms. The van der Waals surface area contributed by atoms with Crippen LogP contribution in [0.2, 0.25) is 0 Å². The minimum atomic E-state index is -2.60. The van der Waals surface area contributed by atoms with Gasteiger partial charge in [-0.25, -0.2) is 23.1 Å². The number of halogens is 3. The van der Waals surface area contributed by atoms with Crippen LogP contribution in [0.5, 0.6) is 5.75 Å². The monoisotopic (exact) mass is 406 g/mol. The summed E-state index contributed by atoms with van der Waals surface area (Å²) in [5.74, 6) is 1.21. The lowest BCUT2D eigenvalue weighted by atomic mass is 10.1. The van der Waals surface area contributed by atoms with Crippen molar-refractivity contribution in [1.29, 1.82) is 0 Å². The maximum absolute atomic E-state index is 14.0. The highest BCUT2D eigenvalue weighted by Gasteiger charge is 2.31. The average molecular weight is 406 g/mol. The lowest BCUT2D eigenvalue weighted by Crippen LogP contribution is -2.51. The predicted octanol–water partition coefficient (Wildman–Crippen LogP) is 4.15. The summed E-state index contributed by atoms with van der Waals surface area (Å²) in [6.45, 7) is 4.79. The first-order chi connectivity index (χ1) is 13.9. The molecule has 4 rings (SSSR count). The lowest BCUT2D eigenvalue weighted by molar-refractivity contribution is 0.145. The van der Waals surface area contributed by atoms with Crippen LogP contribution in [-0.4, -0.2) is 47.7 Å². The van der Waals surface area contributed by atoms with Gasteiger partial charge in [0.1, 0.15) is 17.3 Å². The van der Waals surface area contributed by atoms with Crippen molar-refractivity contribution in [1.82, 2.24) is 14.9 Å². The number of aromatic nitrogens is 2. The summed E-state index contributed by atoms with van der Waals surface area (Å²) in [5, 5.41) is 0. The molecule has 1 aromatic heterocycles. The van der Waals surface area contributed by atoms with Crippen molar-refractivity contribution in [2.45, 2.75) is 44.7 Å². The molecule has 1 saturated carbocycles. The Bertz CT molecular complexity index is 855. The Labute approximate surface area is 168 Å². The SMILES string of the molecule is COc1ccc(CN2CCN(c3cc(C(F)F)nc(C4CC4)n3)CC2C)cc1F. The van der Waals surface area contributed by atoms with Crippen molar-refractivity contribution >= 4 is 5.82 Å². The molecule has 1 aliphatic heterocycles. The first kappa shape index (κ1) is 19.9. The second-order valence-electron chi connectivity index (χ2n) is 7.82. The molecule has 2 heterocycles. The van der Waals surface area contributed by atoms with Crippen LogP contribution in [0.25, 0.3) is 0 Å². The summed E-state index contributed by atoms with van der Waals surface area (Å²) in [5.41, 5.74) is 0.683. The van der Waals surface area contributed by atoms with E-state index < -0.39 is 6.43 Å². The highest BCUT2D eigenvalue weighted by molar-refractivity contribution is 5.42. The molecule has 1 atom stereocenters. The summed E-state index contributed by atoms with van der Waals surface area (Å²) < 4.78 is 45.5. The van der Waals surface area contributed by atoms with Gasteiger partial charge in [0, 0.05) is 44.2 Å². The van der Waals surface area contributed by atoms with E-state index >= 15 is 0 Å². The van der Waals surface area contributed by atoms with E-state index in [4.69, 9.17) is 4.74 Å². The maximum atomic E-state index is 14.0. The highest BCUT2D eigenvalue weighted by Crippen LogP contribution is 2.39. The Kier molecular flexibility index (Phi) is 5.63. The molecule has 1 aliphatic carbocycles. The van der Waals surface area contributed by atoms with Gasteiger partial charge in [0.15, 0.2) is 11.6 Å². The van der Waals surface area contributed by atoms with Crippen molar-refractivity contribution in [3.05, 3.63) is 47.2 Å². The fourth-order valence-corrected chi connectivity index (χ4v) is 3.75. The van der Waals surface area contributed by atoms with Gasteiger partial charge in [0.2, 0.25) is 0 Å². The number of hydrogen-bond donors (Lipinski definition) is 0. The van der Waals surface area contributed by atoms with E-state index in [2.05, 4.69) is 26.7 Å². The van der Waals surface area contributed by atoms with E-state index in [0.717, 1.165) is 24.9 Å². The molecule has 2 aromatic rings. The lowest BCUT2D eigenvalue weighted by Gasteiger charge is -2.40. The standard InChI is InChI=1S/C21H25F3N4O/c1-13-11-28(19-10-17(20(23)24)25-21(26-19)15-4-5-15)8-7-27(13)12-14-3-6-18(29-2)16(22)9-14/h3,6,9-10,13,15,20H,4-5,7-8,11-12H2,1-2H3. The van der Waals surface area contributed by atoms with Crippen molar-refractivity contribution in [2.75, 3.05) is 31.6 Å². The Morgan fingerprint density at radius 3 is 2.59 bits per heavy atom. The van der Waals surface area contributed by atoms with E-state index in [0.29, 0.717) is 31.3 Å². The van der Waals surface area contributed by atoms with E-state index in [1.807, 2.05) is 6.07 Å². The summed E-state index contributed by atoms with van der Waals surface area (Å²) in [6.07, 6.45) is -0.665. The fourth-order valence-electron chi connectivity index (χ4n) is 3.75. The van der Waals surface area contributed by atoms with Gasteiger partial charge < -0.3 is 9.64 Å². The van der Waals surface area contributed by atoms with Crippen molar-refractivity contribution in [3.63, 3.8) is 0 Å². The zero-order valence-corrected chi connectivity index (χ0v) is 16.6. The number of ether oxygens (including phenoxy) is 1. The normalized spacial score (nSPS) is 20.3. The van der Waals surface area contributed by atoms with Gasteiger partial charge in [-0.15, -0.1) is 0 Å². The number of rotatable bonds is 6. The van der Waals surface area contributed by atoms with Gasteiger partial charge in [-0.2, -0.15) is 0 Å². The Morgan fingerprint density at radius 1 is 1.17 bits per heavy atom. The van der Waals surface area contributed by atoms with Gasteiger partial charge in [0.25, 0.3) is 6.43 Å². The minimum Gasteiger partial charge on any atom is -0.494 e. The van der Waals surface area contributed by atoms with Crippen LogP contribution in [0.1, 0.15) is 49.2 Å². The first-order valence-electron chi connectivity index (χ1n) is 9.93. The molecule has 2 aliphatic rings. The molecule has 1 aromatic carbocycles. The van der Waals surface area contributed by atoms with Gasteiger partial charge in [-0.05, 0) is 37.5 Å². The summed E-state index contributed by atoms with van der Waals surface area (Å²) in [7, 11) is 1.45. The number of piperazine rings is 1. The Morgan fingerprint density at radius 2 is 1.97 bits per heavy atom. The molecule has 5 nitrogen and oxygen atoms in total. The van der Waals surface area contributed by atoms with Crippen molar-refractivity contribution < 1.29 is 17.9 Å². The van der Waals surface area contributed by atoms with Crippen LogP contribution in [0, 0.1) is 5.82 Å². The van der Waals surface area contributed by atoms with E-state index in [-0.39, 0.29) is 29.2 Å². The smallest absolute Gasteiger partial charge is 0.280 e. The second-order valence-corrected chi connectivity index (χ2v) is 7.82. The molecule has 1 saturated heterocycles. The Balaban J connectivity index is 1.45. The first-order valence-corrected chi connectivity index (χ1v) is 9.93. The van der Waals surface area contributed by atoms with E-state index in [1.165, 1.54) is 19.2 Å². The third kappa shape index (κ3) is 4.47. The van der Waals surface area contributed by atoms with Gasteiger partial charge in [-0.3, -0.25) is 4.90 Å². The number of benzene rings is 1. The fraction of sp³-hybridized carbons (Fsp3) is 0.524. The molecule has 0 bridgehead atoms. The summed E-state index contributed by atoms with van der Waals surface area (Å²) >= 11 is 0. The second kappa shape index (κ2) is 8.18. The summed E-state index contributed by atoms with van der Waals surface area (Å²) in [6, 6.07) is 6.58.